The number of fused-ring (bicyclic) bond motifs is 1. The van der Waals surface area contributed by atoms with Gasteiger partial charge in [0.15, 0.2) is 11.6 Å². The summed E-state index contributed by atoms with van der Waals surface area (Å²) in [7, 11) is 0. The highest BCUT2D eigenvalue weighted by molar-refractivity contribution is 6.35. The number of nitrogens with zero attached hydrogens (tertiary/aromatic N) is 2. The van der Waals surface area contributed by atoms with E-state index in [4.69, 9.17) is 23.2 Å². The van der Waals surface area contributed by atoms with Crippen molar-refractivity contribution in [1.29, 1.82) is 0 Å². The minimum absolute atomic E-state index is 0.0382. The second kappa shape index (κ2) is 5.04. The van der Waals surface area contributed by atoms with E-state index in [1.807, 2.05) is 0 Å². The van der Waals surface area contributed by atoms with Crippen LogP contribution in [0.4, 0.5) is 8.78 Å². The third-order valence-electron chi connectivity index (χ3n) is 2.99. The van der Waals surface area contributed by atoms with Crippen LogP contribution in [0.15, 0.2) is 36.4 Å². The summed E-state index contributed by atoms with van der Waals surface area (Å²) in [5, 5.41) is 0.398. The smallest absolute Gasteiger partial charge is 0.182 e. The van der Waals surface area contributed by atoms with Crippen LogP contribution >= 0.6 is 23.2 Å². The molecule has 0 saturated heterocycles. The van der Waals surface area contributed by atoms with Gasteiger partial charge in [-0.15, -0.1) is 11.6 Å². The van der Waals surface area contributed by atoms with Crippen molar-refractivity contribution in [2.75, 3.05) is 0 Å². The molecule has 2 aromatic carbocycles. The van der Waals surface area contributed by atoms with Gasteiger partial charge in [-0.1, -0.05) is 23.7 Å². The topological polar surface area (TPSA) is 17.8 Å². The molecule has 0 radical (unpaired) electrons. The Morgan fingerprint density at radius 3 is 2.60 bits per heavy atom. The van der Waals surface area contributed by atoms with E-state index in [0.717, 1.165) is 6.07 Å². The number of imidazole rings is 1. The van der Waals surface area contributed by atoms with Crippen molar-refractivity contribution in [3.8, 4) is 5.69 Å². The van der Waals surface area contributed by atoms with Crippen LogP contribution in [0.25, 0.3) is 16.7 Å². The van der Waals surface area contributed by atoms with E-state index >= 15 is 0 Å². The lowest BCUT2D eigenvalue weighted by molar-refractivity contribution is 0.504. The molecule has 0 spiro atoms. The van der Waals surface area contributed by atoms with Crippen molar-refractivity contribution < 1.29 is 8.78 Å². The van der Waals surface area contributed by atoms with Crippen molar-refractivity contribution in [3.05, 3.63) is 58.9 Å². The van der Waals surface area contributed by atoms with Crippen molar-refractivity contribution in [2.45, 2.75) is 5.88 Å². The Kier molecular flexibility index (Phi) is 3.36. The largest absolute Gasteiger partial charge is 0.291 e. The first kappa shape index (κ1) is 13.3. The highest BCUT2D eigenvalue weighted by atomic mass is 35.5. The zero-order valence-electron chi connectivity index (χ0n) is 10.1. The molecule has 0 bridgehead atoms. The summed E-state index contributed by atoms with van der Waals surface area (Å²) >= 11 is 12.0. The fourth-order valence-corrected chi connectivity index (χ4v) is 2.58. The number of hydrogen-bond acceptors (Lipinski definition) is 1. The highest BCUT2D eigenvalue weighted by Crippen LogP contribution is 2.30. The van der Waals surface area contributed by atoms with E-state index in [0.29, 0.717) is 21.9 Å². The van der Waals surface area contributed by atoms with Gasteiger partial charge < -0.3 is 0 Å². The van der Waals surface area contributed by atoms with Crippen LogP contribution < -0.4 is 0 Å². The van der Waals surface area contributed by atoms with Crippen molar-refractivity contribution in [1.82, 2.24) is 9.55 Å². The Labute approximate surface area is 123 Å². The predicted octanol–water partition coefficient (Wildman–Crippen LogP) is 4.70. The van der Waals surface area contributed by atoms with Gasteiger partial charge in [0.1, 0.15) is 5.82 Å². The van der Waals surface area contributed by atoms with E-state index in [1.54, 1.807) is 18.2 Å². The average Bonchev–Trinajstić information content (AvgIpc) is 2.82. The molecule has 0 amide bonds. The molecule has 1 aromatic heterocycles. The van der Waals surface area contributed by atoms with E-state index in [2.05, 4.69) is 4.98 Å². The molecule has 0 fully saturated rings. The maximum Gasteiger partial charge on any atom is 0.182 e. The second-order valence-corrected chi connectivity index (χ2v) is 4.85. The molecule has 0 N–H and O–H groups in total. The minimum Gasteiger partial charge on any atom is -0.291 e. The SMILES string of the molecule is Fc1cccc(-n2c(CCl)nc3cccc(Cl)c32)c1F. The van der Waals surface area contributed by atoms with Gasteiger partial charge in [-0.3, -0.25) is 4.57 Å². The van der Waals surface area contributed by atoms with Crippen LogP contribution in [0.5, 0.6) is 0 Å². The lowest BCUT2D eigenvalue weighted by atomic mass is 10.2. The molecule has 2 nitrogen and oxygen atoms in total. The quantitative estimate of drug-likeness (QED) is 0.627. The van der Waals surface area contributed by atoms with Crippen molar-refractivity contribution in [2.24, 2.45) is 0 Å². The molecular formula is C14H8Cl2F2N2. The average molecular weight is 313 g/mol. The fraction of sp³-hybridized carbons (Fsp3) is 0.0714. The normalized spacial score (nSPS) is 11.2. The van der Waals surface area contributed by atoms with Crippen molar-refractivity contribution >= 4 is 34.2 Å². The molecule has 0 aliphatic heterocycles. The number of halogens is 4. The number of hydrogen-bond donors (Lipinski definition) is 0. The molecule has 0 saturated carbocycles. The summed E-state index contributed by atoms with van der Waals surface area (Å²) in [5.41, 5.74) is 1.13. The molecule has 0 atom stereocenters. The number of rotatable bonds is 2. The van der Waals surface area contributed by atoms with Gasteiger partial charge in [-0.25, -0.2) is 13.8 Å². The Bertz CT molecular complexity index is 799. The first-order valence-electron chi connectivity index (χ1n) is 5.79. The van der Waals surface area contributed by atoms with E-state index < -0.39 is 11.6 Å². The lowest BCUT2D eigenvalue weighted by Crippen LogP contribution is -2.03. The molecule has 3 aromatic rings. The van der Waals surface area contributed by atoms with Crippen molar-refractivity contribution in [3.63, 3.8) is 0 Å². The first-order chi connectivity index (χ1) is 9.63. The van der Waals surface area contributed by atoms with Gasteiger partial charge in [0.25, 0.3) is 0 Å². The monoisotopic (exact) mass is 312 g/mol. The van der Waals surface area contributed by atoms with Crippen LogP contribution in [0, 0.1) is 11.6 Å². The summed E-state index contributed by atoms with van der Waals surface area (Å²) in [4.78, 5) is 4.30. The second-order valence-electron chi connectivity index (χ2n) is 4.18. The summed E-state index contributed by atoms with van der Waals surface area (Å²) in [6, 6.07) is 9.08. The molecule has 20 heavy (non-hydrogen) atoms. The number of aromatic nitrogens is 2. The fourth-order valence-electron chi connectivity index (χ4n) is 2.15. The zero-order valence-corrected chi connectivity index (χ0v) is 11.6. The van der Waals surface area contributed by atoms with Gasteiger partial charge in [-0.05, 0) is 24.3 Å². The lowest BCUT2D eigenvalue weighted by Gasteiger charge is -2.10. The first-order valence-corrected chi connectivity index (χ1v) is 6.71. The van der Waals surface area contributed by atoms with Gasteiger partial charge >= 0.3 is 0 Å². The van der Waals surface area contributed by atoms with E-state index in [9.17, 15) is 8.78 Å². The van der Waals surface area contributed by atoms with Crippen LogP contribution in [-0.2, 0) is 5.88 Å². The number of para-hydroxylation sites is 1. The molecule has 3 rings (SSSR count). The third-order valence-corrected chi connectivity index (χ3v) is 3.53. The van der Waals surface area contributed by atoms with E-state index in [1.165, 1.54) is 16.7 Å². The van der Waals surface area contributed by atoms with Crippen LogP contribution in [0.1, 0.15) is 5.82 Å². The molecule has 6 heteroatoms. The van der Waals surface area contributed by atoms with Gasteiger partial charge in [-0.2, -0.15) is 0 Å². The molecule has 0 aliphatic carbocycles. The number of alkyl halides is 1. The summed E-state index contributed by atoms with van der Waals surface area (Å²) in [6.07, 6.45) is 0. The summed E-state index contributed by atoms with van der Waals surface area (Å²) < 4.78 is 28.9. The molecule has 0 unspecified atom stereocenters. The molecule has 0 aliphatic rings. The van der Waals surface area contributed by atoms with Crippen LogP contribution in [0.2, 0.25) is 5.02 Å². The van der Waals surface area contributed by atoms with Gasteiger partial charge in [0, 0.05) is 0 Å². The maximum absolute atomic E-state index is 14.0. The predicted molar refractivity (Wildman–Crippen MR) is 75.6 cm³/mol. The summed E-state index contributed by atoms with van der Waals surface area (Å²) in [6.45, 7) is 0. The summed E-state index contributed by atoms with van der Waals surface area (Å²) in [5.74, 6) is -1.43. The third kappa shape index (κ3) is 1.96. The van der Waals surface area contributed by atoms with Gasteiger partial charge in [0.05, 0.1) is 27.6 Å². The minimum atomic E-state index is -0.960. The molecular weight excluding hydrogens is 305 g/mol. The van der Waals surface area contributed by atoms with Crippen LogP contribution in [0.3, 0.4) is 0 Å². The van der Waals surface area contributed by atoms with E-state index in [-0.39, 0.29) is 11.6 Å². The Balaban J connectivity index is 2.43. The Morgan fingerprint density at radius 1 is 1.10 bits per heavy atom. The zero-order chi connectivity index (χ0) is 14.3. The maximum atomic E-state index is 14.0. The van der Waals surface area contributed by atoms with Gasteiger partial charge in [0.2, 0.25) is 0 Å². The molecule has 1 heterocycles. The number of benzene rings is 2. The standard InChI is InChI=1S/C14H8Cl2F2N2/c15-7-12-19-10-5-1-3-8(16)14(10)20(12)11-6-2-4-9(17)13(11)18/h1-6H,7H2. The van der Waals surface area contributed by atoms with Crippen LogP contribution in [-0.4, -0.2) is 9.55 Å². The molecule has 102 valence electrons. The Hall–Kier alpha value is -1.65. The Morgan fingerprint density at radius 2 is 1.85 bits per heavy atom. The highest BCUT2D eigenvalue weighted by Gasteiger charge is 2.18.